The van der Waals surface area contributed by atoms with Crippen molar-refractivity contribution >= 4 is 40.6 Å². The topological polar surface area (TPSA) is 55.1 Å². The van der Waals surface area contributed by atoms with Crippen molar-refractivity contribution in [2.75, 3.05) is 16.8 Å². The number of hydrogen-bond donors (Lipinski definition) is 2. The fourth-order valence-corrected chi connectivity index (χ4v) is 2.73. The molecule has 0 saturated heterocycles. The highest BCUT2D eigenvalue weighted by Crippen LogP contribution is 2.21. The van der Waals surface area contributed by atoms with E-state index in [0.717, 1.165) is 27.6 Å². The first-order valence-electron chi connectivity index (χ1n) is 6.53. The van der Waals surface area contributed by atoms with Gasteiger partial charge >= 0.3 is 0 Å². The molecule has 0 atom stereocenters. The molecule has 2 aromatic carbocycles. The van der Waals surface area contributed by atoms with Gasteiger partial charge in [0.15, 0.2) is 0 Å². The number of nitrogens with two attached hydrogens (primary N) is 1. The van der Waals surface area contributed by atoms with E-state index in [4.69, 9.17) is 17.3 Å². The molecular formula is C16H17ClN2OS. The highest BCUT2D eigenvalue weighted by molar-refractivity contribution is 7.99. The summed E-state index contributed by atoms with van der Waals surface area (Å²) in [7, 11) is 0. The van der Waals surface area contributed by atoms with Gasteiger partial charge in [0.05, 0.1) is 5.75 Å². The Labute approximate surface area is 133 Å². The van der Waals surface area contributed by atoms with Crippen molar-refractivity contribution in [3.63, 3.8) is 0 Å². The second kappa shape index (κ2) is 7.38. The van der Waals surface area contributed by atoms with Gasteiger partial charge in [0, 0.05) is 22.2 Å². The summed E-state index contributed by atoms with van der Waals surface area (Å²) in [5, 5.41) is 3.61. The molecule has 0 aliphatic carbocycles. The van der Waals surface area contributed by atoms with Gasteiger partial charge in [-0.2, -0.15) is 0 Å². The van der Waals surface area contributed by atoms with Crippen LogP contribution in [0.25, 0.3) is 0 Å². The van der Waals surface area contributed by atoms with Crippen molar-refractivity contribution in [1.29, 1.82) is 0 Å². The van der Waals surface area contributed by atoms with Gasteiger partial charge in [-0.3, -0.25) is 4.79 Å². The molecule has 0 heterocycles. The summed E-state index contributed by atoms with van der Waals surface area (Å²) in [4.78, 5) is 11.9. The van der Waals surface area contributed by atoms with E-state index >= 15 is 0 Å². The van der Waals surface area contributed by atoms with Gasteiger partial charge in [-0.05, 0) is 42.3 Å². The normalized spacial score (nSPS) is 10.4. The molecule has 0 unspecified atom stereocenters. The van der Waals surface area contributed by atoms with Gasteiger partial charge in [-0.1, -0.05) is 29.8 Å². The fraction of sp³-hybridized carbons (Fsp3) is 0.188. The molecule has 5 heteroatoms. The van der Waals surface area contributed by atoms with Crippen LogP contribution < -0.4 is 11.1 Å². The van der Waals surface area contributed by atoms with Gasteiger partial charge < -0.3 is 11.1 Å². The highest BCUT2D eigenvalue weighted by Gasteiger charge is 2.06. The molecule has 0 aliphatic rings. The molecule has 110 valence electrons. The van der Waals surface area contributed by atoms with Gasteiger partial charge in [0.25, 0.3) is 0 Å². The maximum Gasteiger partial charge on any atom is 0.234 e. The monoisotopic (exact) mass is 320 g/mol. The Morgan fingerprint density at radius 1 is 1.24 bits per heavy atom. The van der Waals surface area contributed by atoms with Crippen LogP contribution in [-0.4, -0.2) is 11.7 Å². The maximum atomic E-state index is 11.9. The molecule has 0 bridgehead atoms. The molecule has 0 saturated carbocycles. The second-order valence-corrected chi connectivity index (χ2v) is 6.11. The smallest absolute Gasteiger partial charge is 0.234 e. The second-order valence-electron chi connectivity index (χ2n) is 4.69. The van der Waals surface area contributed by atoms with E-state index in [1.54, 1.807) is 11.8 Å². The van der Waals surface area contributed by atoms with Gasteiger partial charge in [-0.15, -0.1) is 11.8 Å². The molecule has 1 amide bonds. The van der Waals surface area contributed by atoms with Crippen molar-refractivity contribution < 1.29 is 4.79 Å². The minimum Gasteiger partial charge on any atom is -0.398 e. The minimum absolute atomic E-state index is 0.0253. The SMILES string of the molecule is Cc1c(N)cccc1NC(=O)CSCc1ccc(Cl)cc1. The molecule has 2 aromatic rings. The van der Waals surface area contributed by atoms with Gasteiger partial charge in [0.2, 0.25) is 5.91 Å². The molecular weight excluding hydrogens is 304 g/mol. The summed E-state index contributed by atoms with van der Waals surface area (Å²) in [6.07, 6.45) is 0. The average molecular weight is 321 g/mol. The summed E-state index contributed by atoms with van der Waals surface area (Å²) < 4.78 is 0. The number of rotatable bonds is 5. The van der Waals surface area contributed by atoms with Crippen LogP contribution in [0.15, 0.2) is 42.5 Å². The first kappa shape index (κ1) is 15.7. The van der Waals surface area contributed by atoms with Crippen LogP contribution in [0.1, 0.15) is 11.1 Å². The maximum absolute atomic E-state index is 11.9. The number of amides is 1. The summed E-state index contributed by atoms with van der Waals surface area (Å²) in [5.74, 6) is 1.15. The molecule has 21 heavy (non-hydrogen) atoms. The van der Waals surface area contributed by atoms with Crippen molar-refractivity contribution in [2.24, 2.45) is 0 Å². The number of benzene rings is 2. The molecule has 3 N–H and O–H groups in total. The molecule has 0 fully saturated rings. The third-order valence-corrected chi connectivity index (χ3v) is 4.32. The lowest BCUT2D eigenvalue weighted by Crippen LogP contribution is -2.15. The predicted octanol–water partition coefficient (Wildman–Crippen LogP) is 4.10. The van der Waals surface area contributed by atoms with Crippen molar-refractivity contribution in [1.82, 2.24) is 0 Å². The standard InChI is InChI=1S/C16H17ClN2OS/c1-11-14(18)3-2-4-15(11)19-16(20)10-21-9-12-5-7-13(17)8-6-12/h2-8H,9-10,18H2,1H3,(H,19,20). The zero-order chi connectivity index (χ0) is 15.2. The van der Waals surface area contributed by atoms with E-state index in [9.17, 15) is 4.79 Å². The molecule has 3 nitrogen and oxygen atoms in total. The minimum atomic E-state index is -0.0253. The number of nitrogen functional groups attached to an aromatic ring is 1. The third-order valence-electron chi connectivity index (χ3n) is 3.06. The van der Waals surface area contributed by atoms with E-state index in [0.29, 0.717) is 11.4 Å². The summed E-state index contributed by atoms with van der Waals surface area (Å²) in [5.41, 5.74) is 9.32. The Hall–Kier alpha value is -1.65. The molecule has 2 rings (SSSR count). The fourth-order valence-electron chi connectivity index (χ4n) is 1.82. The van der Waals surface area contributed by atoms with Crippen LogP contribution in [0.3, 0.4) is 0 Å². The van der Waals surface area contributed by atoms with E-state index in [1.807, 2.05) is 49.4 Å². The lowest BCUT2D eigenvalue weighted by atomic mass is 10.1. The van der Waals surface area contributed by atoms with Crippen LogP contribution in [0.4, 0.5) is 11.4 Å². The Kier molecular flexibility index (Phi) is 5.53. The van der Waals surface area contributed by atoms with E-state index in [-0.39, 0.29) is 5.91 Å². The molecule has 0 aliphatic heterocycles. The van der Waals surface area contributed by atoms with Gasteiger partial charge in [0.1, 0.15) is 0 Å². The number of anilines is 2. The Balaban J connectivity index is 1.82. The summed E-state index contributed by atoms with van der Waals surface area (Å²) in [6.45, 7) is 1.89. The average Bonchev–Trinajstić information content (AvgIpc) is 2.46. The lowest BCUT2D eigenvalue weighted by Gasteiger charge is -2.10. The number of halogens is 1. The Bertz CT molecular complexity index is 629. The van der Waals surface area contributed by atoms with Gasteiger partial charge in [-0.25, -0.2) is 0 Å². The zero-order valence-electron chi connectivity index (χ0n) is 11.7. The predicted molar refractivity (Wildman–Crippen MR) is 91.8 cm³/mol. The number of nitrogens with one attached hydrogen (secondary N) is 1. The van der Waals surface area contributed by atoms with Crippen molar-refractivity contribution in [3.05, 3.63) is 58.6 Å². The van der Waals surface area contributed by atoms with Crippen LogP contribution in [-0.2, 0) is 10.5 Å². The Morgan fingerprint density at radius 2 is 1.95 bits per heavy atom. The van der Waals surface area contributed by atoms with Crippen LogP contribution in [0.5, 0.6) is 0 Å². The zero-order valence-corrected chi connectivity index (χ0v) is 13.3. The van der Waals surface area contributed by atoms with Crippen molar-refractivity contribution in [2.45, 2.75) is 12.7 Å². The van der Waals surface area contributed by atoms with Crippen LogP contribution in [0, 0.1) is 6.92 Å². The number of carbonyl (C=O) groups excluding carboxylic acids is 1. The highest BCUT2D eigenvalue weighted by atomic mass is 35.5. The van der Waals surface area contributed by atoms with Crippen molar-refractivity contribution in [3.8, 4) is 0 Å². The third kappa shape index (κ3) is 4.69. The van der Waals surface area contributed by atoms with Crippen LogP contribution in [0.2, 0.25) is 5.02 Å². The molecule has 0 aromatic heterocycles. The van der Waals surface area contributed by atoms with E-state index in [2.05, 4.69) is 5.32 Å². The molecule has 0 spiro atoms. The number of hydrogen-bond acceptors (Lipinski definition) is 3. The number of thioether (sulfide) groups is 1. The lowest BCUT2D eigenvalue weighted by molar-refractivity contribution is -0.113. The number of carbonyl (C=O) groups is 1. The largest absolute Gasteiger partial charge is 0.398 e. The van der Waals surface area contributed by atoms with E-state index < -0.39 is 0 Å². The summed E-state index contributed by atoms with van der Waals surface area (Å²) in [6, 6.07) is 13.2. The first-order valence-corrected chi connectivity index (χ1v) is 8.06. The molecule has 0 radical (unpaired) electrons. The van der Waals surface area contributed by atoms with E-state index in [1.165, 1.54) is 0 Å². The Morgan fingerprint density at radius 3 is 2.67 bits per heavy atom. The first-order chi connectivity index (χ1) is 10.1. The quantitative estimate of drug-likeness (QED) is 0.815. The summed E-state index contributed by atoms with van der Waals surface area (Å²) >= 11 is 7.40. The van der Waals surface area contributed by atoms with Crippen LogP contribution >= 0.6 is 23.4 Å².